The van der Waals surface area contributed by atoms with Crippen molar-refractivity contribution in [3.63, 3.8) is 0 Å². The summed E-state index contributed by atoms with van der Waals surface area (Å²) < 4.78 is 37.8. The van der Waals surface area contributed by atoms with Crippen molar-refractivity contribution in [2.45, 2.75) is 45.3 Å². The topological polar surface area (TPSA) is 105 Å². The van der Waals surface area contributed by atoms with Crippen molar-refractivity contribution < 1.29 is 27.5 Å². The van der Waals surface area contributed by atoms with Crippen LogP contribution in [0, 0.1) is 0 Å². The molecule has 0 heterocycles. The molecule has 2 amide bonds. The average molecular weight is 616 g/mol. The third-order valence-electron chi connectivity index (χ3n) is 6.87. The van der Waals surface area contributed by atoms with Crippen LogP contribution in [0.3, 0.4) is 0 Å². The monoisotopic (exact) mass is 615 g/mol. The van der Waals surface area contributed by atoms with E-state index in [0.29, 0.717) is 17.2 Å². The lowest BCUT2D eigenvalue weighted by atomic mass is 10.0. The number of nitrogens with one attached hydrogen (secondary N) is 1. The van der Waals surface area contributed by atoms with Crippen molar-refractivity contribution in [1.82, 2.24) is 10.2 Å². The summed E-state index contributed by atoms with van der Waals surface area (Å²) in [5.41, 5.74) is 1.76. The summed E-state index contributed by atoms with van der Waals surface area (Å²) in [5, 5.41) is 3.54. The summed E-state index contributed by atoms with van der Waals surface area (Å²) in [6.45, 7) is 3.35. The molecule has 11 heteroatoms. The van der Waals surface area contributed by atoms with Crippen LogP contribution in [0.4, 0.5) is 5.69 Å². The predicted molar refractivity (Wildman–Crippen MR) is 166 cm³/mol. The molecule has 42 heavy (non-hydrogen) atoms. The molecule has 0 fully saturated rings. The van der Waals surface area contributed by atoms with E-state index in [1.807, 2.05) is 44.2 Å². The molecule has 0 saturated heterocycles. The SMILES string of the molecule is CCC(C)NC(=O)C(Cc1ccccc1)N(Cc1ccc(Cl)cc1)C(=O)CN(c1ccc(OC)cc1OC)S(C)(=O)=O. The molecule has 2 unspecified atom stereocenters. The number of halogens is 1. The van der Waals surface area contributed by atoms with Crippen molar-refractivity contribution in [2.75, 3.05) is 31.3 Å². The van der Waals surface area contributed by atoms with E-state index in [-0.39, 0.29) is 36.4 Å². The van der Waals surface area contributed by atoms with Crippen LogP contribution >= 0.6 is 11.6 Å². The molecular formula is C31H38ClN3O6S. The molecule has 3 aromatic rings. The summed E-state index contributed by atoms with van der Waals surface area (Å²) >= 11 is 6.10. The number of sulfonamides is 1. The van der Waals surface area contributed by atoms with Gasteiger partial charge in [-0.05, 0) is 48.7 Å². The maximum atomic E-state index is 14.2. The molecule has 0 bridgehead atoms. The number of methoxy groups -OCH3 is 2. The van der Waals surface area contributed by atoms with E-state index in [4.69, 9.17) is 21.1 Å². The van der Waals surface area contributed by atoms with E-state index < -0.39 is 28.5 Å². The summed E-state index contributed by atoms with van der Waals surface area (Å²) in [7, 11) is -1.07. The van der Waals surface area contributed by atoms with Gasteiger partial charge >= 0.3 is 0 Å². The molecule has 0 radical (unpaired) electrons. The van der Waals surface area contributed by atoms with Crippen molar-refractivity contribution in [3.05, 3.63) is 88.9 Å². The highest BCUT2D eigenvalue weighted by Gasteiger charge is 2.34. The van der Waals surface area contributed by atoms with Crippen molar-refractivity contribution in [3.8, 4) is 11.5 Å². The molecule has 0 aliphatic heterocycles. The molecular weight excluding hydrogens is 578 g/mol. The van der Waals surface area contributed by atoms with Gasteiger partial charge < -0.3 is 19.7 Å². The third-order valence-corrected chi connectivity index (χ3v) is 8.25. The summed E-state index contributed by atoms with van der Waals surface area (Å²) in [5.74, 6) is -0.214. The van der Waals surface area contributed by atoms with Crippen LogP contribution in [0.1, 0.15) is 31.4 Å². The van der Waals surface area contributed by atoms with E-state index in [9.17, 15) is 18.0 Å². The normalized spacial score (nSPS) is 12.6. The highest BCUT2D eigenvalue weighted by molar-refractivity contribution is 7.92. The first kappa shape index (κ1) is 32.8. The number of ether oxygens (including phenoxy) is 2. The first-order valence-corrected chi connectivity index (χ1v) is 15.8. The molecule has 3 aromatic carbocycles. The number of carbonyl (C=O) groups is 2. The molecule has 0 spiro atoms. The fourth-order valence-corrected chi connectivity index (χ4v) is 5.35. The Morgan fingerprint density at radius 3 is 2.19 bits per heavy atom. The number of anilines is 1. The molecule has 0 saturated carbocycles. The van der Waals surface area contributed by atoms with Gasteiger partial charge in [-0.15, -0.1) is 0 Å². The fraction of sp³-hybridized carbons (Fsp3) is 0.355. The molecule has 3 rings (SSSR count). The Balaban J connectivity index is 2.09. The van der Waals surface area contributed by atoms with E-state index in [0.717, 1.165) is 21.7 Å². The summed E-state index contributed by atoms with van der Waals surface area (Å²) in [6.07, 6.45) is 1.95. The zero-order valence-corrected chi connectivity index (χ0v) is 26.1. The second-order valence-corrected chi connectivity index (χ2v) is 12.3. The first-order chi connectivity index (χ1) is 20.0. The Kier molecular flexibility index (Phi) is 11.6. The zero-order chi connectivity index (χ0) is 30.9. The molecule has 1 N–H and O–H groups in total. The van der Waals surface area contributed by atoms with Gasteiger partial charge in [0, 0.05) is 30.1 Å². The summed E-state index contributed by atoms with van der Waals surface area (Å²) in [4.78, 5) is 29.4. The quantitative estimate of drug-likeness (QED) is 0.282. The maximum absolute atomic E-state index is 14.2. The average Bonchev–Trinajstić information content (AvgIpc) is 2.98. The Morgan fingerprint density at radius 2 is 1.62 bits per heavy atom. The van der Waals surface area contributed by atoms with Gasteiger partial charge in [-0.2, -0.15) is 0 Å². The Morgan fingerprint density at radius 1 is 0.952 bits per heavy atom. The van der Waals surface area contributed by atoms with Gasteiger partial charge in [0.1, 0.15) is 24.1 Å². The molecule has 0 aliphatic carbocycles. The van der Waals surface area contributed by atoms with Crippen molar-refractivity contribution in [1.29, 1.82) is 0 Å². The minimum Gasteiger partial charge on any atom is -0.497 e. The Bertz CT molecular complexity index is 1450. The number of hydrogen-bond acceptors (Lipinski definition) is 6. The van der Waals surface area contributed by atoms with Crippen LogP contribution in [0.25, 0.3) is 0 Å². The van der Waals surface area contributed by atoms with Crippen LogP contribution in [0.2, 0.25) is 5.02 Å². The minimum absolute atomic E-state index is 0.0543. The maximum Gasteiger partial charge on any atom is 0.244 e. The minimum atomic E-state index is -3.96. The largest absolute Gasteiger partial charge is 0.497 e. The van der Waals surface area contributed by atoms with Crippen molar-refractivity contribution >= 4 is 39.1 Å². The van der Waals surface area contributed by atoms with Gasteiger partial charge in [-0.25, -0.2) is 8.42 Å². The number of amides is 2. The highest BCUT2D eigenvalue weighted by atomic mass is 35.5. The van der Waals surface area contributed by atoms with E-state index in [1.54, 1.807) is 36.4 Å². The molecule has 0 aliphatic rings. The van der Waals surface area contributed by atoms with Gasteiger partial charge in [0.05, 0.1) is 26.2 Å². The Hall–Kier alpha value is -3.76. The number of rotatable bonds is 14. The van der Waals surface area contributed by atoms with Gasteiger partial charge in [-0.1, -0.05) is 61.0 Å². The van der Waals surface area contributed by atoms with Crippen molar-refractivity contribution in [2.24, 2.45) is 0 Å². The standard InChI is InChI=1S/C31H38ClN3O6S/c1-6-22(2)33-31(37)28(18-23-10-8-7-9-11-23)34(20-24-12-14-25(32)15-13-24)30(36)21-35(42(5,38)39)27-17-16-26(40-3)19-29(27)41-4/h7-17,19,22,28H,6,18,20-21H2,1-5H3,(H,33,37). The van der Waals surface area contributed by atoms with E-state index in [2.05, 4.69) is 5.32 Å². The van der Waals surface area contributed by atoms with Crippen LogP contribution in [0.15, 0.2) is 72.8 Å². The van der Waals surface area contributed by atoms with Gasteiger partial charge in [0.25, 0.3) is 0 Å². The number of carbonyl (C=O) groups excluding carboxylic acids is 2. The first-order valence-electron chi connectivity index (χ1n) is 13.5. The second kappa shape index (κ2) is 14.9. The fourth-order valence-electron chi connectivity index (χ4n) is 4.37. The highest BCUT2D eigenvalue weighted by Crippen LogP contribution is 2.34. The van der Waals surface area contributed by atoms with Crippen LogP contribution in [-0.2, 0) is 32.6 Å². The Labute approximate surface area is 253 Å². The molecule has 2 atom stereocenters. The van der Waals surface area contributed by atoms with Gasteiger partial charge in [0.2, 0.25) is 21.8 Å². The smallest absolute Gasteiger partial charge is 0.244 e. The number of hydrogen-bond donors (Lipinski definition) is 1. The molecule has 226 valence electrons. The van der Waals surface area contributed by atoms with E-state index in [1.165, 1.54) is 25.2 Å². The van der Waals surface area contributed by atoms with Gasteiger partial charge in [0.15, 0.2) is 0 Å². The second-order valence-electron chi connectivity index (χ2n) is 9.98. The van der Waals surface area contributed by atoms with Gasteiger partial charge in [-0.3, -0.25) is 13.9 Å². The third kappa shape index (κ3) is 8.87. The van der Waals surface area contributed by atoms with Crippen LogP contribution in [-0.4, -0.2) is 64.2 Å². The number of nitrogens with zero attached hydrogens (tertiary/aromatic N) is 2. The number of benzene rings is 3. The van der Waals surface area contributed by atoms with E-state index >= 15 is 0 Å². The molecule has 9 nitrogen and oxygen atoms in total. The lowest BCUT2D eigenvalue weighted by molar-refractivity contribution is -0.140. The van der Waals surface area contributed by atoms with Crippen LogP contribution in [0.5, 0.6) is 11.5 Å². The summed E-state index contributed by atoms with van der Waals surface area (Å²) in [6, 6.07) is 19.9. The lowest BCUT2D eigenvalue weighted by Gasteiger charge is -2.34. The predicted octanol–water partition coefficient (Wildman–Crippen LogP) is 4.68. The zero-order valence-electron chi connectivity index (χ0n) is 24.5. The lowest BCUT2D eigenvalue weighted by Crippen LogP contribution is -2.54. The van der Waals surface area contributed by atoms with Crippen LogP contribution < -0.4 is 19.1 Å². The molecule has 0 aromatic heterocycles.